The molecule has 2 aromatic carbocycles. The summed E-state index contributed by atoms with van der Waals surface area (Å²) in [4.78, 5) is 18.5. The summed E-state index contributed by atoms with van der Waals surface area (Å²) in [6.07, 6.45) is 2.43. The highest BCUT2D eigenvalue weighted by Gasteiger charge is 2.13. The molecule has 1 amide bonds. The fourth-order valence-electron chi connectivity index (χ4n) is 2.97. The molecule has 0 aliphatic heterocycles. The molecule has 0 fully saturated rings. The van der Waals surface area contributed by atoms with E-state index in [1.807, 2.05) is 30.5 Å². The topological polar surface area (TPSA) is 83.0 Å². The summed E-state index contributed by atoms with van der Waals surface area (Å²) in [5.74, 6) is -0.453. The van der Waals surface area contributed by atoms with E-state index >= 15 is 0 Å². The number of amides is 1. The summed E-state index contributed by atoms with van der Waals surface area (Å²) in [6.45, 7) is 1.96. The molecule has 0 atom stereocenters. The van der Waals surface area contributed by atoms with E-state index in [0.717, 1.165) is 22.0 Å². The van der Waals surface area contributed by atoms with Crippen molar-refractivity contribution in [2.45, 2.75) is 13.3 Å². The van der Waals surface area contributed by atoms with E-state index in [2.05, 4.69) is 20.6 Å². The van der Waals surface area contributed by atoms with Crippen LogP contribution in [0.1, 0.15) is 12.5 Å². The summed E-state index contributed by atoms with van der Waals surface area (Å²) >= 11 is 0. The zero-order valence-corrected chi connectivity index (χ0v) is 14.1. The Morgan fingerprint density at radius 3 is 2.96 bits per heavy atom. The van der Waals surface area contributed by atoms with Crippen molar-refractivity contribution in [1.29, 1.82) is 0 Å². The molecule has 2 heterocycles. The largest absolute Gasteiger partial charge is 0.423 e. The predicted molar refractivity (Wildman–Crippen MR) is 97.9 cm³/mol. The predicted octanol–water partition coefficient (Wildman–Crippen LogP) is 3.87. The normalized spacial score (nSPS) is 11.2. The Morgan fingerprint density at radius 1 is 1.31 bits per heavy atom. The molecule has 0 radical (unpaired) electrons. The van der Waals surface area contributed by atoms with Crippen LogP contribution in [0.2, 0.25) is 0 Å². The number of hydrogen-bond acceptors (Lipinski definition) is 4. The lowest BCUT2D eigenvalue weighted by molar-refractivity contribution is -0.118. The van der Waals surface area contributed by atoms with E-state index in [9.17, 15) is 9.18 Å². The van der Waals surface area contributed by atoms with Crippen LogP contribution in [0.4, 0.5) is 16.1 Å². The highest BCUT2D eigenvalue weighted by Crippen LogP contribution is 2.30. The Morgan fingerprint density at radius 2 is 2.15 bits per heavy atom. The van der Waals surface area contributed by atoms with E-state index in [0.29, 0.717) is 30.3 Å². The smallest absolute Gasteiger partial charge is 0.300 e. The Labute approximate surface area is 148 Å². The number of hydrogen-bond donors (Lipinski definition) is 3. The Balaban J connectivity index is 1.66. The number of benzene rings is 2. The Hall–Kier alpha value is -3.35. The van der Waals surface area contributed by atoms with Crippen molar-refractivity contribution >= 4 is 39.6 Å². The average Bonchev–Trinajstić information content (AvgIpc) is 3.18. The number of H-pyrrole nitrogens is 1. The molecule has 0 saturated heterocycles. The lowest BCUT2D eigenvalue weighted by atomic mass is 10.1. The van der Waals surface area contributed by atoms with Crippen LogP contribution in [0.15, 0.2) is 47.0 Å². The summed E-state index contributed by atoms with van der Waals surface area (Å²) in [5.41, 5.74) is 3.60. The highest BCUT2D eigenvalue weighted by molar-refractivity contribution is 5.95. The quantitative estimate of drug-likeness (QED) is 0.509. The molecule has 0 spiro atoms. The SMILES string of the molecule is CC(=O)NCCc1c[nH]c2c(Nc3nc4ccccc4o3)cc(F)cc12. The summed E-state index contributed by atoms with van der Waals surface area (Å²) in [5, 5.41) is 6.55. The van der Waals surface area contributed by atoms with Crippen molar-refractivity contribution in [1.82, 2.24) is 15.3 Å². The summed E-state index contributed by atoms with van der Waals surface area (Å²) < 4.78 is 19.8. The molecule has 4 rings (SSSR count). The first kappa shape index (κ1) is 16.1. The molecule has 4 aromatic rings. The molecule has 132 valence electrons. The summed E-state index contributed by atoms with van der Waals surface area (Å²) in [7, 11) is 0. The second-order valence-electron chi connectivity index (χ2n) is 6.03. The third kappa shape index (κ3) is 3.11. The minimum absolute atomic E-state index is 0.0886. The average molecular weight is 352 g/mol. The molecule has 0 bridgehead atoms. The second kappa shape index (κ2) is 6.51. The number of rotatable bonds is 5. The second-order valence-corrected chi connectivity index (χ2v) is 6.03. The number of carbonyl (C=O) groups is 1. The van der Waals surface area contributed by atoms with Crippen molar-refractivity contribution in [3.05, 3.63) is 54.0 Å². The van der Waals surface area contributed by atoms with Gasteiger partial charge in [0.05, 0.1) is 11.2 Å². The third-order valence-electron chi connectivity index (χ3n) is 4.14. The molecule has 0 saturated carbocycles. The van der Waals surface area contributed by atoms with Crippen LogP contribution in [-0.4, -0.2) is 22.4 Å². The molecule has 6 nitrogen and oxygen atoms in total. The van der Waals surface area contributed by atoms with Gasteiger partial charge < -0.3 is 20.0 Å². The number of anilines is 2. The number of aromatic nitrogens is 2. The van der Waals surface area contributed by atoms with Crippen LogP contribution >= 0.6 is 0 Å². The number of para-hydroxylation sites is 2. The number of nitrogens with one attached hydrogen (secondary N) is 3. The molecule has 0 aliphatic rings. The van der Waals surface area contributed by atoms with E-state index in [4.69, 9.17) is 4.42 Å². The fraction of sp³-hybridized carbons (Fsp3) is 0.158. The number of fused-ring (bicyclic) bond motifs is 2. The lowest BCUT2D eigenvalue weighted by Gasteiger charge is -2.06. The molecular formula is C19H17FN4O2. The zero-order valence-electron chi connectivity index (χ0n) is 14.1. The van der Waals surface area contributed by atoms with Crippen LogP contribution in [-0.2, 0) is 11.2 Å². The minimum atomic E-state index is -0.364. The molecule has 7 heteroatoms. The first-order valence-electron chi connectivity index (χ1n) is 8.27. The van der Waals surface area contributed by atoms with Crippen molar-refractivity contribution < 1.29 is 13.6 Å². The van der Waals surface area contributed by atoms with Crippen molar-refractivity contribution in [2.75, 3.05) is 11.9 Å². The maximum atomic E-state index is 14.1. The third-order valence-corrected chi connectivity index (χ3v) is 4.14. The minimum Gasteiger partial charge on any atom is -0.423 e. The van der Waals surface area contributed by atoms with Crippen LogP contribution in [0, 0.1) is 5.82 Å². The van der Waals surface area contributed by atoms with E-state index < -0.39 is 0 Å². The van der Waals surface area contributed by atoms with Gasteiger partial charge in [0.1, 0.15) is 11.3 Å². The highest BCUT2D eigenvalue weighted by atomic mass is 19.1. The maximum absolute atomic E-state index is 14.1. The number of nitrogens with zero attached hydrogens (tertiary/aromatic N) is 1. The number of halogens is 1. The number of oxazole rings is 1. The fourth-order valence-corrected chi connectivity index (χ4v) is 2.97. The number of carbonyl (C=O) groups excluding carboxylic acids is 1. The van der Waals surface area contributed by atoms with Crippen molar-refractivity contribution in [3.63, 3.8) is 0 Å². The van der Waals surface area contributed by atoms with Crippen LogP contribution in [0.25, 0.3) is 22.0 Å². The zero-order chi connectivity index (χ0) is 18.1. The molecular weight excluding hydrogens is 335 g/mol. The van der Waals surface area contributed by atoms with Gasteiger partial charge in [-0.05, 0) is 36.2 Å². The Kier molecular flexibility index (Phi) is 4.04. The lowest BCUT2D eigenvalue weighted by Crippen LogP contribution is -2.22. The van der Waals surface area contributed by atoms with Gasteiger partial charge in [0, 0.05) is 25.1 Å². The first-order valence-corrected chi connectivity index (χ1v) is 8.27. The van der Waals surface area contributed by atoms with Crippen molar-refractivity contribution in [3.8, 4) is 0 Å². The van der Waals surface area contributed by atoms with Crippen molar-refractivity contribution in [2.24, 2.45) is 0 Å². The van der Waals surface area contributed by atoms with Gasteiger partial charge in [0.25, 0.3) is 6.01 Å². The molecule has 0 unspecified atom stereocenters. The van der Waals surface area contributed by atoms with E-state index in [1.54, 1.807) is 0 Å². The van der Waals surface area contributed by atoms with Crippen LogP contribution in [0.5, 0.6) is 0 Å². The van der Waals surface area contributed by atoms with Gasteiger partial charge in [-0.3, -0.25) is 4.79 Å². The van der Waals surface area contributed by atoms with Gasteiger partial charge in [0.2, 0.25) is 5.91 Å². The van der Waals surface area contributed by atoms with Crippen LogP contribution < -0.4 is 10.6 Å². The van der Waals surface area contributed by atoms with Gasteiger partial charge in [-0.15, -0.1) is 0 Å². The molecule has 3 N–H and O–H groups in total. The van der Waals surface area contributed by atoms with Gasteiger partial charge in [0.15, 0.2) is 5.58 Å². The standard InChI is InChI=1S/C19H17FN4O2/c1-11(25)21-7-6-12-10-22-18-14(12)8-13(20)9-16(18)24-19-23-15-4-2-3-5-17(15)26-19/h2-5,8-10,22H,6-7H2,1H3,(H,21,25)(H,23,24). The van der Waals surface area contributed by atoms with Gasteiger partial charge in [-0.2, -0.15) is 4.98 Å². The maximum Gasteiger partial charge on any atom is 0.300 e. The van der Waals surface area contributed by atoms with Gasteiger partial charge in [-0.25, -0.2) is 4.39 Å². The number of aromatic amines is 1. The van der Waals surface area contributed by atoms with Gasteiger partial charge in [-0.1, -0.05) is 12.1 Å². The summed E-state index contributed by atoms with van der Waals surface area (Å²) in [6, 6.07) is 10.6. The molecule has 2 aromatic heterocycles. The monoisotopic (exact) mass is 352 g/mol. The Bertz CT molecular complexity index is 1070. The van der Waals surface area contributed by atoms with E-state index in [1.165, 1.54) is 19.1 Å². The first-order chi connectivity index (χ1) is 12.6. The molecule has 26 heavy (non-hydrogen) atoms. The van der Waals surface area contributed by atoms with E-state index in [-0.39, 0.29) is 11.7 Å². The van der Waals surface area contributed by atoms with Crippen LogP contribution in [0.3, 0.4) is 0 Å². The molecule has 0 aliphatic carbocycles. The van der Waals surface area contributed by atoms with Gasteiger partial charge >= 0.3 is 0 Å².